The summed E-state index contributed by atoms with van der Waals surface area (Å²) in [6.45, 7) is -0.0978. The van der Waals surface area contributed by atoms with Crippen LogP contribution in [0.2, 0.25) is 0 Å². The maximum Gasteiger partial charge on any atom is 0.139 e. The van der Waals surface area contributed by atoms with Gasteiger partial charge in [-0.05, 0) is 16.3 Å². The van der Waals surface area contributed by atoms with Crippen LogP contribution in [0.25, 0.3) is 10.8 Å². The van der Waals surface area contributed by atoms with Crippen LogP contribution in [0.3, 0.4) is 0 Å². The Morgan fingerprint density at radius 3 is 2.29 bits per heavy atom. The summed E-state index contributed by atoms with van der Waals surface area (Å²) in [6, 6.07) is 13.8. The molecular weight excluding hydrogens is 215 g/mol. The van der Waals surface area contributed by atoms with Gasteiger partial charge in [-0.25, -0.2) is 4.39 Å². The second-order valence-electron chi connectivity index (χ2n) is 4.37. The van der Waals surface area contributed by atoms with E-state index in [1.54, 1.807) is 0 Å². The van der Waals surface area contributed by atoms with Crippen molar-refractivity contribution in [2.75, 3.05) is 13.1 Å². The van der Waals surface area contributed by atoms with Crippen LogP contribution >= 0.6 is 0 Å². The van der Waals surface area contributed by atoms with Crippen LogP contribution in [-0.4, -0.2) is 18.8 Å². The van der Waals surface area contributed by atoms with E-state index in [0.717, 1.165) is 16.3 Å². The molecule has 3 heteroatoms. The van der Waals surface area contributed by atoms with Gasteiger partial charge >= 0.3 is 0 Å². The molecule has 0 saturated carbocycles. The van der Waals surface area contributed by atoms with E-state index >= 15 is 0 Å². The Balaban J connectivity index is 2.42. The highest BCUT2D eigenvalue weighted by molar-refractivity contribution is 5.85. The second-order valence-corrected chi connectivity index (χ2v) is 4.37. The van der Waals surface area contributed by atoms with Gasteiger partial charge in [0.1, 0.15) is 5.67 Å². The van der Waals surface area contributed by atoms with Crippen molar-refractivity contribution < 1.29 is 4.39 Å². The predicted molar refractivity (Wildman–Crippen MR) is 69.6 cm³/mol. The zero-order valence-corrected chi connectivity index (χ0v) is 9.70. The molecule has 2 nitrogen and oxygen atoms in total. The third kappa shape index (κ3) is 2.46. The Labute approximate surface area is 100 Å². The van der Waals surface area contributed by atoms with Crippen molar-refractivity contribution in [3.8, 4) is 0 Å². The Kier molecular flexibility index (Phi) is 3.41. The zero-order chi connectivity index (χ0) is 12.3. The lowest BCUT2D eigenvalue weighted by Gasteiger charge is -2.22. The molecule has 0 spiro atoms. The number of benzene rings is 2. The van der Waals surface area contributed by atoms with Gasteiger partial charge in [0.25, 0.3) is 0 Å². The van der Waals surface area contributed by atoms with Crippen molar-refractivity contribution in [1.82, 2.24) is 0 Å². The van der Waals surface area contributed by atoms with Crippen molar-refractivity contribution in [2.45, 2.75) is 12.1 Å². The fourth-order valence-corrected chi connectivity index (χ4v) is 2.02. The molecule has 90 valence electrons. The maximum absolute atomic E-state index is 14.2. The average molecular weight is 232 g/mol. The zero-order valence-electron chi connectivity index (χ0n) is 9.70. The van der Waals surface area contributed by atoms with Crippen LogP contribution < -0.4 is 11.5 Å². The summed E-state index contributed by atoms with van der Waals surface area (Å²) in [5, 5.41) is 2.18. The first kappa shape index (κ1) is 12.0. The quantitative estimate of drug-likeness (QED) is 0.847. The molecule has 0 aromatic heterocycles. The van der Waals surface area contributed by atoms with Gasteiger partial charge in [0, 0.05) is 19.5 Å². The third-order valence-electron chi connectivity index (χ3n) is 3.12. The second kappa shape index (κ2) is 4.82. The first-order valence-electron chi connectivity index (χ1n) is 5.74. The maximum atomic E-state index is 14.2. The molecule has 0 aliphatic rings. The predicted octanol–water partition coefficient (Wildman–Crippen LogP) is 2.01. The van der Waals surface area contributed by atoms with Gasteiger partial charge in [0.05, 0.1) is 0 Å². The van der Waals surface area contributed by atoms with Crippen LogP contribution in [-0.2, 0) is 6.42 Å². The van der Waals surface area contributed by atoms with E-state index in [0.29, 0.717) is 0 Å². The smallest absolute Gasteiger partial charge is 0.139 e. The van der Waals surface area contributed by atoms with E-state index in [4.69, 9.17) is 11.5 Å². The number of hydrogen-bond donors (Lipinski definition) is 2. The lowest BCUT2D eigenvalue weighted by atomic mass is 9.93. The highest BCUT2D eigenvalue weighted by Gasteiger charge is 2.26. The molecule has 0 bridgehead atoms. The third-order valence-corrected chi connectivity index (χ3v) is 3.12. The van der Waals surface area contributed by atoms with Crippen LogP contribution in [0, 0.1) is 0 Å². The number of alkyl halides is 1. The molecule has 17 heavy (non-hydrogen) atoms. The highest BCUT2D eigenvalue weighted by atomic mass is 19.1. The Hall–Kier alpha value is -1.45. The topological polar surface area (TPSA) is 52.0 Å². The molecule has 0 saturated heterocycles. The minimum atomic E-state index is -1.51. The summed E-state index contributed by atoms with van der Waals surface area (Å²) >= 11 is 0. The lowest BCUT2D eigenvalue weighted by molar-refractivity contribution is 0.184. The molecular formula is C14H17FN2. The number of rotatable bonds is 4. The van der Waals surface area contributed by atoms with Crippen molar-refractivity contribution >= 4 is 10.8 Å². The van der Waals surface area contributed by atoms with Crippen molar-refractivity contribution in [3.05, 3.63) is 48.0 Å². The van der Waals surface area contributed by atoms with Gasteiger partial charge in [-0.3, -0.25) is 0 Å². The first-order valence-corrected chi connectivity index (χ1v) is 5.74. The summed E-state index contributed by atoms with van der Waals surface area (Å²) < 4.78 is 14.2. The summed E-state index contributed by atoms with van der Waals surface area (Å²) in [7, 11) is 0. The van der Waals surface area contributed by atoms with Gasteiger partial charge in [-0.1, -0.05) is 42.5 Å². The van der Waals surface area contributed by atoms with Gasteiger partial charge in [-0.2, -0.15) is 0 Å². The molecule has 0 atom stereocenters. The Bertz CT molecular complexity index is 501. The molecule has 2 rings (SSSR count). The van der Waals surface area contributed by atoms with Crippen molar-refractivity contribution in [3.63, 3.8) is 0 Å². The Morgan fingerprint density at radius 2 is 1.59 bits per heavy atom. The number of halogens is 1. The highest BCUT2D eigenvalue weighted by Crippen LogP contribution is 2.23. The van der Waals surface area contributed by atoms with Crippen LogP contribution in [0.1, 0.15) is 5.56 Å². The number of nitrogens with two attached hydrogens (primary N) is 2. The number of fused-ring (bicyclic) bond motifs is 1. The Morgan fingerprint density at radius 1 is 0.941 bits per heavy atom. The lowest BCUT2D eigenvalue weighted by Crippen LogP contribution is -2.42. The first-order chi connectivity index (χ1) is 8.18. The molecule has 0 aliphatic carbocycles. The van der Waals surface area contributed by atoms with E-state index < -0.39 is 5.67 Å². The molecule has 0 fully saturated rings. The van der Waals surface area contributed by atoms with Gasteiger partial charge < -0.3 is 11.5 Å². The SMILES string of the molecule is NCC(F)(CN)Cc1cccc2ccccc12. The summed E-state index contributed by atoms with van der Waals surface area (Å²) in [4.78, 5) is 0. The molecule has 0 heterocycles. The van der Waals surface area contributed by atoms with Crippen LogP contribution in [0.5, 0.6) is 0 Å². The molecule has 4 N–H and O–H groups in total. The molecule has 0 unspecified atom stereocenters. The van der Waals surface area contributed by atoms with E-state index in [9.17, 15) is 4.39 Å². The van der Waals surface area contributed by atoms with E-state index in [1.165, 1.54) is 0 Å². The monoisotopic (exact) mass is 232 g/mol. The minimum absolute atomic E-state index is 0.0489. The summed E-state index contributed by atoms with van der Waals surface area (Å²) in [6.07, 6.45) is 0.265. The minimum Gasteiger partial charge on any atom is -0.327 e. The molecule has 2 aromatic carbocycles. The van der Waals surface area contributed by atoms with Crippen LogP contribution in [0.4, 0.5) is 4.39 Å². The van der Waals surface area contributed by atoms with Crippen molar-refractivity contribution in [1.29, 1.82) is 0 Å². The van der Waals surface area contributed by atoms with Gasteiger partial charge in [0.2, 0.25) is 0 Å². The average Bonchev–Trinajstić information content (AvgIpc) is 2.39. The van der Waals surface area contributed by atoms with Crippen LogP contribution in [0.15, 0.2) is 42.5 Å². The van der Waals surface area contributed by atoms with E-state index in [1.807, 2.05) is 42.5 Å². The molecule has 0 aliphatic heterocycles. The van der Waals surface area contributed by atoms with Gasteiger partial charge in [0.15, 0.2) is 0 Å². The summed E-state index contributed by atoms with van der Waals surface area (Å²) in [5.74, 6) is 0. The van der Waals surface area contributed by atoms with E-state index in [2.05, 4.69) is 0 Å². The molecule has 0 amide bonds. The van der Waals surface area contributed by atoms with E-state index in [-0.39, 0.29) is 19.5 Å². The molecule has 2 aromatic rings. The fraction of sp³-hybridized carbons (Fsp3) is 0.286. The number of hydrogen-bond acceptors (Lipinski definition) is 2. The van der Waals surface area contributed by atoms with Crippen molar-refractivity contribution in [2.24, 2.45) is 11.5 Å². The fourth-order valence-electron chi connectivity index (χ4n) is 2.02. The van der Waals surface area contributed by atoms with Gasteiger partial charge in [-0.15, -0.1) is 0 Å². The standard InChI is InChI=1S/C14H17FN2/c15-14(9-16,10-17)8-12-6-3-5-11-4-1-2-7-13(11)12/h1-7H,8-10,16-17H2. The summed E-state index contributed by atoms with van der Waals surface area (Å²) in [5.41, 5.74) is 10.4. The molecule has 0 radical (unpaired) electrons. The largest absolute Gasteiger partial charge is 0.327 e. The normalized spacial score (nSPS) is 11.9.